The van der Waals surface area contributed by atoms with Crippen LogP contribution in [-0.2, 0) is 25.6 Å². The van der Waals surface area contributed by atoms with E-state index in [4.69, 9.17) is 5.73 Å². The van der Waals surface area contributed by atoms with Crippen molar-refractivity contribution >= 4 is 23.6 Å². The fourth-order valence-corrected chi connectivity index (χ4v) is 2.63. The molecule has 0 aliphatic heterocycles. The topological polar surface area (TPSA) is 130 Å². The third kappa shape index (κ3) is 7.38. The van der Waals surface area contributed by atoms with Crippen LogP contribution in [0.3, 0.4) is 0 Å². The van der Waals surface area contributed by atoms with Gasteiger partial charge < -0.3 is 21.7 Å². The lowest BCUT2D eigenvalue weighted by Gasteiger charge is -2.26. The number of hydrogen-bond acceptors (Lipinski definition) is 4. The average molecular weight is 390 g/mol. The number of amides is 4. The number of carbonyl (C=O) groups excluding carboxylic acids is 4. The van der Waals surface area contributed by atoms with Crippen LogP contribution in [0.15, 0.2) is 30.3 Å². The third-order valence-corrected chi connectivity index (χ3v) is 4.56. The molecular formula is C20H30N4O4. The van der Waals surface area contributed by atoms with Gasteiger partial charge in [-0.15, -0.1) is 0 Å². The quantitative estimate of drug-likeness (QED) is 0.456. The molecule has 0 saturated heterocycles. The lowest BCUT2D eigenvalue weighted by Crippen LogP contribution is -2.57. The van der Waals surface area contributed by atoms with E-state index in [1.807, 2.05) is 44.2 Å². The molecule has 4 amide bonds. The molecule has 0 heterocycles. The molecular weight excluding hydrogens is 360 g/mol. The number of primary amides is 1. The predicted molar refractivity (Wildman–Crippen MR) is 106 cm³/mol. The van der Waals surface area contributed by atoms with E-state index in [1.54, 1.807) is 0 Å². The third-order valence-electron chi connectivity index (χ3n) is 4.56. The Morgan fingerprint density at radius 3 is 2.07 bits per heavy atom. The molecule has 154 valence electrons. The van der Waals surface area contributed by atoms with Crippen LogP contribution in [0.1, 0.15) is 39.7 Å². The minimum absolute atomic E-state index is 0.117. The van der Waals surface area contributed by atoms with Crippen molar-refractivity contribution in [3.8, 4) is 0 Å². The molecule has 8 heteroatoms. The molecule has 0 aromatic heterocycles. The van der Waals surface area contributed by atoms with E-state index in [-0.39, 0.29) is 18.2 Å². The van der Waals surface area contributed by atoms with Gasteiger partial charge in [0.1, 0.15) is 18.1 Å². The second-order valence-electron chi connectivity index (χ2n) is 6.95. The second-order valence-corrected chi connectivity index (χ2v) is 6.95. The van der Waals surface area contributed by atoms with Crippen molar-refractivity contribution < 1.29 is 19.2 Å². The predicted octanol–water partition coefficient (Wildman–Crippen LogP) is 0.255. The van der Waals surface area contributed by atoms with E-state index in [0.29, 0.717) is 6.42 Å². The lowest BCUT2D eigenvalue weighted by molar-refractivity contribution is -0.133. The van der Waals surface area contributed by atoms with Crippen molar-refractivity contribution in [2.24, 2.45) is 11.7 Å². The first-order valence-electron chi connectivity index (χ1n) is 9.36. The molecule has 1 aromatic carbocycles. The summed E-state index contributed by atoms with van der Waals surface area (Å²) in [6, 6.07) is 6.63. The maximum absolute atomic E-state index is 12.8. The van der Waals surface area contributed by atoms with Gasteiger partial charge in [0, 0.05) is 13.3 Å². The van der Waals surface area contributed by atoms with E-state index in [1.165, 1.54) is 13.8 Å². The molecule has 4 atom stereocenters. The van der Waals surface area contributed by atoms with E-state index in [9.17, 15) is 19.2 Å². The average Bonchev–Trinajstić information content (AvgIpc) is 2.65. The van der Waals surface area contributed by atoms with Crippen molar-refractivity contribution in [3.05, 3.63) is 35.9 Å². The fraction of sp³-hybridized carbons (Fsp3) is 0.500. The zero-order chi connectivity index (χ0) is 21.3. The molecule has 0 spiro atoms. The molecule has 1 aromatic rings. The Bertz CT molecular complexity index is 693. The normalized spacial score (nSPS) is 14.9. The van der Waals surface area contributed by atoms with Gasteiger partial charge in [-0.25, -0.2) is 0 Å². The molecule has 8 nitrogen and oxygen atoms in total. The molecule has 0 fully saturated rings. The highest BCUT2D eigenvalue weighted by atomic mass is 16.2. The first-order chi connectivity index (χ1) is 13.1. The lowest BCUT2D eigenvalue weighted by atomic mass is 9.97. The van der Waals surface area contributed by atoms with E-state index < -0.39 is 35.8 Å². The van der Waals surface area contributed by atoms with Crippen LogP contribution in [-0.4, -0.2) is 41.8 Å². The number of nitrogens with two attached hydrogens (primary N) is 1. The van der Waals surface area contributed by atoms with Gasteiger partial charge in [0.25, 0.3) is 0 Å². The molecule has 1 rings (SSSR count). The standard InChI is InChI=1S/C20H30N4O4/c1-5-12(2)17(23-14(4)25)20(28)24-16(11-15-9-7-6-8-10-15)19(27)22-13(3)18(21)26/h6-10,12-13,16-17H,5,11H2,1-4H3,(H2,21,26)(H,22,27)(H,23,25)(H,24,28). The van der Waals surface area contributed by atoms with Crippen LogP contribution in [0.5, 0.6) is 0 Å². The summed E-state index contributed by atoms with van der Waals surface area (Å²) in [7, 11) is 0. The van der Waals surface area contributed by atoms with Gasteiger partial charge in [-0.3, -0.25) is 19.2 Å². The maximum Gasteiger partial charge on any atom is 0.243 e. The van der Waals surface area contributed by atoms with Gasteiger partial charge >= 0.3 is 0 Å². The Morgan fingerprint density at radius 2 is 1.57 bits per heavy atom. The summed E-state index contributed by atoms with van der Waals surface area (Å²) in [5.74, 6) is -2.09. The van der Waals surface area contributed by atoms with Gasteiger partial charge in [0.05, 0.1) is 0 Å². The van der Waals surface area contributed by atoms with Crippen molar-refractivity contribution in [1.82, 2.24) is 16.0 Å². The van der Waals surface area contributed by atoms with E-state index in [0.717, 1.165) is 5.56 Å². The fourth-order valence-electron chi connectivity index (χ4n) is 2.63. The highest BCUT2D eigenvalue weighted by Crippen LogP contribution is 2.10. The van der Waals surface area contributed by atoms with Gasteiger partial charge in [0.15, 0.2) is 0 Å². The minimum atomic E-state index is -0.919. The van der Waals surface area contributed by atoms with E-state index in [2.05, 4.69) is 16.0 Å². The van der Waals surface area contributed by atoms with Gasteiger partial charge in [-0.05, 0) is 18.4 Å². The Hall–Kier alpha value is -2.90. The van der Waals surface area contributed by atoms with E-state index >= 15 is 0 Å². The van der Waals surface area contributed by atoms with Crippen LogP contribution >= 0.6 is 0 Å². The molecule has 0 saturated carbocycles. The molecule has 0 aliphatic carbocycles. The van der Waals surface area contributed by atoms with Crippen molar-refractivity contribution in [2.45, 2.75) is 58.7 Å². The summed E-state index contributed by atoms with van der Waals surface area (Å²) in [6.45, 7) is 6.57. The van der Waals surface area contributed by atoms with Gasteiger partial charge in [0.2, 0.25) is 23.6 Å². The number of rotatable bonds is 10. The van der Waals surface area contributed by atoms with Gasteiger partial charge in [-0.1, -0.05) is 50.6 Å². The van der Waals surface area contributed by atoms with Crippen molar-refractivity contribution in [1.29, 1.82) is 0 Å². The van der Waals surface area contributed by atoms with Gasteiger partial charge in [-0.2, -0.15) is 0 Å². The summed E-state index contributed by atoms with van der Waals surface area (Å²) in [4.78, 5) is 48.2. The summed E-state index contributed by atoms with van der Waals surface area (Å²) in [5, 5.41) is 7.87. The highest BCUT2D eigenvalue weighted by molar-refractivity contribution is 5.94. The molecule has 0 bridgehead atoms. The number of hydrogen-bond donors (Lipinski definition) is 4. The smallest absolute Gasteiger partial charge is 0.243 e. The second kappa shape index (κ2) is 11.1. The summed E-state index contributed by atoms with van der Waals surface area (Å²) in [6.07, 6.45) is 0.907. The Morgan fingerprint density at radius 1 is 0.964 bits per heavy atom. The minimum Gasteiger partial charge on any atom is -0.368 e. The number of carbonyl (C=O) groups is 4. The molecule has 4 unspecified atom stereocenters. The molecule has 0 radical (unpaired) electrons. The van der Waals surface area contributed by atoms with Crippen molar-refractivity contribution in [3.63, 3.8) is 0 Å². The SMILES string of the molecule is CCC(C)C(NC(C)=O)C(=O)NC(Cc1ccccc1)C(=O)NC(C)C(N)=O. The Kier molecular flexibility index (Phi) is 9.14. The Labute approximate surface area is 165 Å². The molecule has 28 heavy (non-hydrogen) atoms. The van der Waals surface area contributed by atoms with Crippen LogP contribution in [0, 0.1) is 5.92 Å². The largest absolute Gasteiger partial charge is 0.368 e. The Balaban J connectivity index is 3.01. The summed E-state index contributed by atoms with van der Waals surface area (Å²) < 4.78 is 0. The van der Waals surface area contributed by atoms with Crippen LogP contribution in [0.2, 0.25) is 0 Å². The van der Waals surface area contributed by atoms with Crippen LogP contribution < -0.4 is 21.7 Å². The monoisotopic (exact) mass is 390 g/mol. The number of nitrogens with one attached hydrogen (secondary N) is 3. The first kappa shape index (κ1) is 23.1. The highest BCUT2D eigenvalue weighted by Gasteiger charge is 2.30. The van der Waals surface area contributed by atoms with Crippen molar-refractivity contribution in [2.75, 3.05) is 0 Å². The first-order valence-corrected chi connectivity index (χ1v) is 9.36. The summed E-state index contributed by atoms with van der Waals surface area (Å²) in [5.41, 5.74) is 6.05. The maximum atomic E-state index is 12.8. The van der Waals surface area contributed by atoms with Crippen LogP contribution in [0.4, 0.5) is 0 Å². The van der Waals surface area contributed by atoms with Crippen LogP contribution in [0.25, 0.3) is 0 Å². The molecule has 5 N–H and O–H groups in total. The summed E-state index contributed by atoms with van der Waals surface area (Å²) >= 11 is 0. The zero-order valence-electron chi connectivity index (χ0n) is 16.8. The molecule has 0 aliphatic rings. The zero-order valence-corrected chi connectivity index (χ0v) is 16.8. The number of benzene rings is 1.